The highest BCUT2D eigenvalue weighted by Crippen LogP contribution is 2.27. The molecule has 0 aliphatic carbocycles. The molecule has 1 aliphatic rings. The molecular weight excluding hydrogens is 233 g/mol. The van der Waals surface area contributed by atoms with Gasteiger partial charge in [0, 0.05) is 6.20 Å². The molecule has 1 saturated heterocycles. The molecule has 2 atom stereocenters. The predicted octanol–water partition coefficient (Wildman–Crippen LogP) is -0.0592. The van der Waals surface area contributed by atoms with Gasteiger partial charge in [0.2, 0.25) is 8.03 Å². The molecule has 2 heterocycles. The maximum absolute atomic E-state index is 11.4. The van der Waals surface area contributed by atoms with Crippen LogP contribution in [0.4, 0.5) is 5.82 Å². The lowest BCUT2D eigenvalue weighted by Gasteiger charge is -2.22. The third kappa shape index (κ3) is 2.63. The van der Waals surface area contributed by atoms with Crippen LogP contribution in [0.2, 0.25) is 0 Å². The molecule has 0 saturated carbocycles. The molecule has 8 heteroatoms. The van der Waals surface area contributed by atoms with Gasteiger partial charge in [0.05, 0.1) is 13.2 Å². The topological polar surface area (TPSA) is 96.4 Å². The zero-order valence-corrected chi connectivity index (χ0v) is 9.30. The lowest BCUT2D eigenvalue weighted by Crippen LogP contribution is -2.33. The molecule has 16 heavy (non-hydrogen) atoms. The highest BCUT2D eigenvalue weighted by Gasteiger charge is 2.20. The Balaban J connectivity index is 2.04. The SMILES string of the molecule is Nc1ccn(C[C@H]2CO[P](=O)CO2)c(=O)n1. The zero-order valence-electron chi connectivity index (χ0n) is 8.41. The molecule has 0 spiro atoms. The minimum absolute atomic E-state index is 0.0666. The van der Waals surface area contributed by atoms with E-state index in [0.717, 1.165) is 0 Å². The minimum Gasteiger partial charge on any atom is -0.383 e. The van der Waals surface area contributed by atoms with E-state index in [2.05, 4.69) is 4.98 Å². The van der Waals surface area contributed by atoms with Crippen molar-refractivity contribution in [2.45, 2.75) is 12.6 Å². The Bertz CT molecular complexity index is 451. The first-order chi connectivity index (χ1) is 7.65. The molecule has 2 N–H and O–H groups in total. The number of ether oxygens (including phenoxy) is 1. The molecule has 0 bridgehead atoms. The van der Waals surface area contributed by atoms with E-state index in [1.807, 2.05) is 0 Å². The quantitative estimate of drug-likeness (QED) is 0.732. The second-order valence-electron chi connectivity index (χ2n) is 3.33. The van der Waals surface area contributed by atoms with Gasteiger partial charge in [-0.15, -0.1) is 0 Å². The van der Waals surface area contributed by atoms with Crippen molar-refractivity contribution in [1.82, 2.24) is 9.55 Å². The van der Waals surface area contributed by atoms with Gasteiger partial charge in [-0.3, -0.25) is 13.7 Å². The Morgan fingerprint density at radius 2 is 2.50 bits per heavy atom. The van der Waals surface area contributed by atoms with Crippen molar-refractivity contribution in [2.24, 2.45) is 0 Å². The number of anilines is 1. The monoisotopic (exact) mass is 244 g/mol. The van der Waals surface area contributed by atoms with E-state index in [-0.39, 0.29) is 24.9 Å². The van der Waals surface area contributed by atoms with Crippen LogP contribution in [0.5, 0.6) is 0 Å². The van der Waals surface area contributed by atoms with E-state index in [9.17, 15) is 9.36 Å². The molecule has 1 fully saturated rings. The summed E-state index contributed by atoms with van der Waals surface area (Å²) >= 11 is 0. The van der Waals surface area contributed by atoms with Crippen LogP contribution >= 0.6 is 8.03 Å². The molecule has 1 aromatic heterocycles. The summed E-state index contributed by atoms with van der Waals surface area (Å²) in [4.78, 5) is 15.0. The standard InChI is InChI=1S/C8H11N3O4P/c9-7-1-2-11(8(12)10-7)3-6-4-15-16(13)5-14-6/h1-2,6H,3-5H2,(H2,9,10,12)/t6-/m0/s1. The summed E-state index contributed by atoms with van der Waals surface area (Å²) < 4.78 is 22.5. The molecule has 0 aromatic carbocycles. The first-order valence-corrected chi connectivity index (χ1v) is 6.03. The molecule has 1 aromatic rings. The average Bonchev–Trinajstić information content (AvgIpc) is 2.25. The summed E-state index contributed by atoms with van der Waals surface area (Å²) in [5.41, 5.74) is 4.93. The van der Waals surface area contributed by atoms with E-state index in [0.29, 0.717) is 6.54 Å². The number of nitrogens with two attached hydrogens (primary N) is 1. The Morgan fingerprint density at radius 3 is 3.12 bits per heavy atom. The van der Waals surface area contributed by atoms with Gasteiger partial charge in [-0.25, -0.2) is 4.79 Å². The van der Waals surface area contributed by atoms with E-state index < -0.39 is 13.7 Å². The molecule has 1 aliphatic heterocycles. The molecule has 2 rings (SSSR count). The van der Waals surface area contributed by atoms with Crippen molar-refractivity contribution in [3.63, 3.8) is 0 Å². The van der Waals surface area contributed by atoms with E-state index in [4.69, 9.17) is 15.0 Å². The lowest BCUT2D eigenvalue weighted by molar-refractivity contribution is 0.00800. The van der Waals surface area contributed by atoms with Crippen molar-refractivity contribution >= 4 is 13.8 Å². The van der Waals surface area contributed by atoms with Crippen LogP contribution in [-0.4, -0.2) is 28.6 Å². The summed E-state index contributed by atoms with van der Waals surface area (Å²) in [6.07, 6.45) is 1.33. The first kappa shape index (κ1) is 11.2. The van der Waals surface area contributed by atoms with Crippen LogP contribution in [0.15, 0.2) is 17.1 Å². The Morgan fingerprint density at radius 1 is 1.69 bits per heavy atom. The van der Waals surface area contributed by atoms with Gasteiger partial charge in [-0.05, 0) is 6.07 Å². The van der Waals surface area contributed by atoms with E-state index in [1.165, 1.54) is 10.6 Å². The van der Waals surface area contributed by atoms with Crippen LogP contribution in [0.1, 0.15) is 0 Å². The fourth-order valence-corrected chi connectivity index (χ4v) is 2.06. The number of hydrogen-bond acceptors (Lipinski definition) is 6. The van der Waals surface area contributed by atoms with Crippen molar-refractivity contribution in [3.05, 3.63) is 22.7 Å². The van der Waals surface area contributed by atoms with Gasteiger partial charge in [0.1, 0.15) is 18.3 Å². The number of aromatic nitrogens is 2. The maximum atomic E-state index is 11.4. The van der Waals surface area contributed by atoms with Crippen molar-refractivity contribution in [3.8, 4) is 0 Å². The molecule has 0 amide bonds. The molecular formula is C8H11N3O4P. The van der Waals surface area contributed by atoms with Gasteiger partial charge in [-0.2, -0.15) is 4.98 Å². The smallest absolute Gasteiger partial charge is 0.349 e. The number of hydrogen-bond donors (Lipinski definition) is 1. The summed E-state index contributed by atoms with van der Waals surface area (Å²) in [7, 11) is -1.70. The highest BCUT2D eigenvalue weighted by atomic mass is 31.1. The van der Waals surface area contributed by atoms with Crippen molar-refractivity contribution in [2.75, 3.05) is 18.7 Å². The largest absolute Gasteiger partial charge is 0.383 e. The Kier molecular flexibility index (Phi) is 3.28. The minimum atomic E-state index is -1.70. The fraction of sp³-hybridized carbons (Fsp3) is 0.500. The molecule has 7 nitrogen and oxygen atoms in total. The highest BCUT2D eigenvalue weighted by molar-refractivity contribution is 7.38. The summed E-state index contributed by atoms with van der Waals surface area (Å²) in [5.74, 6) is 0.185. The van der Waals surface area contributed by atoms with Crippen LogP contribution in [0.25, 0.3) is 0 Å². The van der Waals surface area contributed by atoms with E-state index >= 15 is 0 Å². The summed E-state index contributed by atoms with van der Waals surface area (Å²) in [6.45, 7) is 0.529. The number of nitrogen functional groups attached to an aromatic ring is 1. The van der Waals surface area contributed by atoms with Gasteiger partial charge < -0.3 is 10.5 Å². The second kappa shape index (κ2) is 4.69. The van der Waals surface area contributed by atoms with Crippen LogP contribution in [0.3, 0.4) is 0 Å². The summed E-state index contributed by atoms with van der Waals surface area (Å²) in [5, 5.41) is 0. The summed E-state index contributed by atoms with van der Waals surface area (Å²) in [6, 6.07) is 1.53. The van der Waals surface area contributed by atoms with Gasteiger partial charge in [0.15, 0.2) is 0 Å². The second-order valence-corrected chi connectivity index (χ2v) is 4.52. The first-order valence-electron chi connectivity index (χ1n) is 4.67. The van der Waals surface area contributed by atoms with Gasteiger partial charge >= 0.3 is 5.69 Å². The van der Waals surface area contributed by atoms with Gasteiger partial charge in [-0.1, -0.05) is 0 Å². The average molecular weight is 244 g/mol. The van der Waals surface area contributed by atoms with E-state index in [1.54, 1.807) is 6.20 Å². The molecule has 1 unspecified atom stereocenters. The van der Waals surface area contributed by atoms with Crippen LogP contribution < -0.4 is 11.4 Å². The third-order valence-electron chi connectivity index (χ3n) is 2.12. The molecule has 1 radical (unpaired) electrons. The maximum Gasteiger partial charge on any atom is 0.349 e. The van der Waals surface area contributed by atoms with Crippen LogP contribution in [0, 0.1) is 0 Å². The van der Waals surface area contributed by atoms with Gasteiger partial charge in [0.25, 0.3) is 0 Å². The zero-order chi connectivity index (χ0) is 11.5. The number of nitrogens with zero attached hydrogens (tertiary/aromatic N) is 2. The lowest BCUT2D eigenvalue weighted by atomic mass is 10.3. The Labute approximate surface area is 92.1 Å². The van der Waals surface area contributed by atoms with Crippen molar-refractivity contribution in [1.29, 1.82) is 0 Å². The fourth-order valence-electron chi connectivity index (χ4n) is 1.32. The van der Waals surface area contributed by atoms with Crippen molar-refractivity contribution < 1.29 is 13.8 Å². The Hall–Kier alpha value is -1.30. The third-order valence-corrected chi connectivity index (χ3v) is 2.91. The van der Waals surface area contributed by atoms with Crippen LogP contribution in [-0.2, 0) is 20.4 Å². The normalized spacial score (nSPS) is 23.2. The predicted molar refractivity (Wildman–Crippen MR) is 56.2 cm³/mol. The number of rotatable bonds is 2. The molecule has 87 valence electrons.